The number of rotatable bonds is 2. The topological polar surface area (TPSA) is 40.5 Å². The summed E-state index contributed by atoms with van der Waals surface area (Å²) in [5.74, 6) is 0.743. The lowest BCUT2D eigenvalue weighted by Gasteiger charge is -2.35. The minimum atomic E-state index is 0.371. The quantitative estimate of drug-likeness (QED) is 0.578. The second kappa shape index (κ2) is 3.94. The summed E-state index contributed by atoms with van der Waals surface area (Å²) in [7, 11) is 0. The van der Waals surface area contributed by atoms with Crippen molar-refractivity contribution in [2.45, 2.75) is 25.7 Å². The summed E-state index contributed by atoms with van der Waals surface area (Å²) >= 11 is 0. The van der Waals surface area contributed by atoms with Crippen LogP contribution in [0, 0.1) is 25.0 Å². The van der Waals surface area contributed by atoms with E-state index in [-0.39, 0.29) is 0 Å². The molecule has 0 unspecified atom stereocenters. The molecule has 2 N–H and O–H groups in total. The van der Waals surface area contributed by atoms with Crippen LogP contribution in [0.2, 0.25) is 0 Å². The smallest absolute Gasteiger partial charge is 0.0781 e. The summed E-state index contributed by atoms with van der Waals surface area (Å²) in [5, 5.41) is 17.3. The van der Waals surface area contributed by atoms with Gasteiger partial charge in [-0.05, 0) is 0 Å². The molecule has 0 radical (unpaired) electrons. The molecule has 0 aromatic rings. The van der Waals surface area contributed by atoms with E-state index >= 15 is 0 Å². The molecule has 0 aromatic heterocycles. The maximum absolute atomic E-state index is 8.65. The molecule has 0 bridgehead atoms. The first-order chi connectivity index (χ1) is 4.86. The fourth-order valence-electron chi connectivity index (χ4n) is 1.44. The molecule has 0 spiro atoms. The lowest BCUT2D eigenvalue weighted by molar-refractivity contribution is 0.202. The van der Waals surface area contributed by atoms with Crippen LogP contribution < -0.4 is 0 Å². The van der Waals surface area contributed by atoms with E-state index in [9.17, 15) is 0 Å². The van der Waals surface area contributed by atoms with Gasteiger partial charge >= 0.3 is 0 Å². The van der Waals surface area contributed by atoms with Gasteiger partial charge in [0.25, 0.3) is 0 Å². The van der Waals surface area contributed by atoms with E-state index in [1.807, 2.05) is 0 Å². The molecule has 2 heteroatoms. The van der Waals surface area contributed by atoms with Crippen molar-refractivity contribution in [2.24, 2.45) is 11.8 Å². The van der Waals surface area contributed by atoms with Crippen molar-refractivity contribution < 1.29 is 10.2 Å². The van der Waals surface area contributed by atoms with Gasteiger partial charge in [-0.3, -0.25) is 0 Å². The van der Waals surface area contributed by atoms with Crippen molar-refractivity contribution in [3.05, 3.63) is 13.2 Å². The molecule has 1 fully saturated rings. The second-order valence-electron chi connectivity index (χ2n) is 2.97. The van der Waals surface area contributed by atoms with Crippen LogP contribution in [0.1, 0.15) is 25.7 Å². The standard InChI is InChI=1S/C8H14O2/c9-5-7-1-2-8(6-10)4-3-7/h5-10H,1-4H2/q-2. The summed E-state index contributed by atoms with van der Waals surface area (Å²) in [6, 6.07) is 0. The third-order valence-corrected chi connectivity index (χ3v) is 2.24. The fourth-order valence-corrected chi connectivity index (χ4v) is 1.44. The first-order valence-electron chi connectivity index (χ1n) is 3.82. The van der Waals surface area contributed by atoms with Gasteiger partial charge in [-0.2, -0.15) is 0 Å². The Hall–Kier alpha value is -0.0800. The van der Waals surface area contributed by atoms with E-state index in [1.54, 1.807) is 0 Å². The molecule has 10 heavy (non-hydrogen) atoms. The van der Waals surface area contributed by atoms with Crippen molar-refractivity contribution in [2.75, 3.05) is 0 Å². The fraction of sp³-hybridized carbons (Fsp3) is 0.750. The molecular formula is C8H14O2-2. The average molecular weight is 142 g/mol. The third-order valence-electron chi connectivity index (χ3n) is 2.24. The van der Waals surface area contributed by atoms with Gasteiger partial charge < -0.3 is 10.2 Å². The Morgan fingerprint density at radius 3 is 1.30 bits per heavy atom. The van der Waals surface area contributed by atoms with Crippen LogP contribution in [0.3, 0.4) is 0 Å². The Balaban J connectivity index is 2.17. The maximum Gasteiger partial charge on any atom is -0.0781 e. The van der Waals surface area contributed by atoms with Gasteiger partial charge in [0, 0.05) is 0 Å². The Morgan fingerprint density at radius 2 is 1.10 bits per heavy atom. The predicted octanol–water partition coefficient (Wildman–Crippen LogP) is 1.86. The van der Waals surface area contributed by atoms with Gasteiger partial charge in [-0.25, -0.2) is 13.2 Å². The van der Waals surface area contributed by atoms with Crippen LogP contribution in [0.15, 0.2) is 0 Å². The van der Waals surface area contributed by atoms with E-state index in [4.69, 9.17) is 10.2 Å². The van der Waals surface area contributed by atoms with Gasteiger partial charge in [-0.1, -0.05) is 25.7 Å². The Bertz CT molecular complexity index is 73.3. The first-order valence-corrected chi connectivity index (χ1v) is 3.82. The van der Waals surface area contributed by atoms with E-state index in [1.165, 1.54) is 13.2 Å². The molecule has 2 nitrogen and oxygen atoms in total. The van der Waals surface area contributed by atoms with Crippen LogP contribution in [-0.4, -0.2) is 10.2 Å². The molecule has 1 aliphatic rings. The highest BCUT2D eigenvalue weighted by Crippen LogP contribution is 2.30. The Labute approximate surface area is 61.9 Å². The molecule has 1 saturated carbocycles. The molecule has 0 heterocycles. The summed E-state index contributed by atoms with van der Waals surface area (Å²) in [6.45, 7) is 2.57. The number of hydrogen-bond donors (Lipinski definition) is 2. The van der Waals surface area contributed by atoms with Crippen LogP contribution in [0.4, 0.5) is 0 Å². The predicted molar refractivity (Wildman–Crippen MR) is 37.9 cm³/mol. The van der Waals surface area contributed by atoms with E-state index < -0.39 is 0 Å². The lowest BCUT2D eigenvalue weighted by atomic mass is 9.83. The van der Waals surface area contributed by atoms with Gasteiger partial charge in [0.15, 0.2) is 0 Å². The summed E-state index contributed by atoms with van der Waals surface area (Å²) < 4.78 is 0. The highest BCUT2D eigenvalue weighted by atomic mass is 16.3. The molecular weight excluding hydrogens is 128 g/mol. The molecule has 60 valence electrons. The minimum Gasteiger partial charge on any atom is -0.566 e. The molecule has 1 aliphatic carbocycles. The van der Waals surface area contributed by atoms with Crippen molar-refractivity contribution in [3.63, 3.8) is 0 Å². The molecule has 0 aliphatic heterocycles. The SMILES string of the molecule is O[CH-]C1CCC([CH-]O)CC1. The van der Waals surface area contributed by atoms with Gasteiger partial charge in [0.1, 0.15) is 0 Å². The Kier molecular flexibility index (Phi) is 3.16. The van der Waals surface area contributed by atoms with Crippen molar-refractivity contribution >= 4 is 0 Å². The molecule has 0 atom stereocenters. The van der Waals surface area contributed by atoms with Crippen molar-refractivity contribution in [3.8, 4) is 0 Å². The normalized spacial score (nSPS) is 34.2. The van der Waals surface area contributed by atoms with E-state index in [0.717, 1.165) is 25.7 Å². The lowest BCUT2D eigenvalue weighted by Crippen LogP contribution is -2.14. The zero-order valence-electron chi connectivity index (χ0n) is 6.03. The minimum absolute atomic E-state index is 0.371. The number of aliphatic hydroxyl groups is 2. The van der Waals surface area contributed by atoms with Crippen molar-refractivity contribution in [1.29, 1.82) is 0 Å². The van der Waals surface area contributed by atoms with Crippen molar-refractivity contribution in [1.82, 2.24) is 0 Å². The van der Waals surface area contributed by atoms with Gasteiger partial charge in [0.05, 0.1) is 0 Å². The van der Waals surface area contributed by atoms with Crippen LogP contribution in [-0.2, 0) is 0 Å². The number of hydrogen-bond acceptors (Lipinski definition) is 2. The zero-order valence-corrected chi connectivity index (χ0v) is 6.03. The first kappa shape index (κ1) is 8.02. The average Bonchev–Trinajstić information content (AvgIpc) is 2.05. The summed E-state index contributed by atoms with van der Waals surface area (Å²) in [6.07, 6.45) is 4.05. The second-order valence-corrected chi connectivity index (χ2v) is 2.97. The summed E-state index contributed by atoms with van der Waals surface area (Å²) in [4.78, 5) is 0. The highest BCUT2D eigenvalue weighted by Gasteiger charge is 2.09. The van der Waals surface area contributed by atoms with Crippen LogP contribution in [0.5, 0.6) is 0 Å². The largest absolute Gasteiger partial charge is 0.566 e. The molecule has 0 amide bonds. The molecule has 1 rings (SSSR count). The van der Waals surface area contributed by atoms with E-state index in [0.29, 0.717) is 11.8 Å². The highest BCUT2D eigenvalue weighted by molar-refractivity contribution is 4.78. The third kappa shape index (κ3) is 1.96. The monoisotopic (exact) mass is 142 g/mol. The van der Waals surface area contributed by atoms with Gasteiger partial charge in [-0.15, -0.1) is 11.8 Å². The number of aliphatic hydroxyl groups excluding tert-OH is 2. The van der Waals surface area contributed by atoms with Crippen LogP contribution >= 0.6 is 0 Å². The molecule has 0 aromatic carbocycles. The molecule has 0 saturated heterocycles. The Morgan fingerprint density at radius 1 is 0.800 bits per heavy atom. The maximum atomic E-state index is 8.65. The van der Waals surface area contributed by atoms with Crippen LogP contribution in [0.25, 0.3) is 0 Å². The zero-order chi connectivity index (χ0) is 7.40. The van der Waals surface area contributed by atoms with E-state index in [2.05, 4.69) is 0 Å². The van der Waals surface area contributed by atoms with Gasteiger partial charge in [0.2, 0.25) is 0 Å². The summed E-state index contributed by atoms with van der Waals surface area (Å²) in [5.41, 5.74) is 0.